The van der Waals surface area contributed by atoms with E-state index in [9.17, 15) is 4.79 Å². The monoisotopic (exact) mass is 212 g/mol. The van der Waals surface area contributed by atoms with Gasteiger partial charge in [0, 0.05) is 4.88 Å². The van der Waals surface area contributed by atoms with Crippen molar-refractivity contribution in [2.24, 2.45) is 0 Å². The van der Waals surface area contributed by atoms with Gasteiger partial charge in [-0.05, 0) is 30.7 Å². The molecule has 1 aromatic rings. The topological polar surface area (TPSA) is 26.3 Å². The van der Waals surface area contributed by atoms with Crippen molar-refractivity contribution >= 4 is 17.8 Å². The quantitative estimate of drug-likeness (QED) is 0.489. The van der Waals surface area contributed by atoms with Gasteiger partial charge in [0.1, 0.15) is 0 Å². The van der Waals surface area contributed by atoms with E-state index in [1.54, 1.807) is 0 Å². The van der Waals surface area contributed by atoms with Crippen molar-refractivity contribution in [3.8, 4) is 0 Å². The van der Waals surface area contributed by atoms with Gasteiger partial charge in [-0.3, -0.25) is 4.79 Å². The van der Waals surface area contributed by atoms with Gasteiger partial charge in [-0.15, -0.1) is 11.3 Å². The third-order valence-electron chi connectivity index (χ3n) is 2.08. The maximum Gasteiger partial charge on any atom is 0.293 e. The van der Waals surface area contributed by atoms with Gasteiger partial charge in [0.05, 0.1) is 6.61 Å². The molecule has 0 saturated carbocycles. The SMILES string of the molecule is O=COCCCCCCc1cccs1. The molecule has 0 bridgehead atoms. The Bertz CT molecular complexity index is 231. The number of ether oxygens (including phenoxy) is 1. The van der Waals surface area contributed by atoms with Gasteiger partial charge >= 0.3 is 0 Å². The average Bonchev–Trinajstić information content (AvgIpc) is 2.69. The van der Waals surface area contributed by atoms with E-state index in [0.29, 0.717) is 13.1 Å². The van der Waals surface area contributed by atoms with Gasteiger partial charge in [-0.1, -0.05) is 18.9 Å². The van der Waals surface area contributed by atoms with Crippen molar-refractivity contribution in [2.45, 2.75) is 32.1 Å². The first-order chi connectivity index (χ1) is 6.93. The largest absolute Gasteiger partial charge is 0.468 e. The number of rotatable bonds is 8. The van der Waals surface area contributed by atoms with Crippen molar-refractivity contribution in [3.63, 3.8) is 0 Å². The summed E-state index contributed by atoms with van der Waals surface area (Å²) >= 11 is 1.82. The van der Waals surface area contributed by atoms with Crippen LogP contribution < -0.4 is 0 Å². The fourth-order valence-corrected chi connectivity index (χ4v) is 2.09. The van der Waals surface area contributed by atoms with E-state index in [0.717, 1.165) is 12.8 Å². The highest BCUT2D eigenvalue weighted by Crippen LogP contribution is 2.13. The van der Waals surface area contributed by atoms with Gasteiger partial charge in [0.2, 0.25) is 0 Å². The van der Waals surface area contributed by atoms with E-state index in [4.69, 9.17) is 0 Å². The molecule has 0 atom stereocenters. The van der Waals surface area contributed by atoms with Crippen LogP contribution in [0.25, 0.3) is 0 Å². The first kappa shape index (κ1) is 11.2. The van der Waals surface area contributed by atoms with Crippen LogP contribution in [0.2, 0.25) is 0 Å². The molecule has 3 heteroatoms. The van der Waals surface area contributed by atoms with Crippen molar-refractivity contribution in [1.29, 1.82) is 0 Å². The molecule has 0 aromatic carbocycles. The highest BCUT2D eigenvalue weighted by Gasteiger charge is 1.94. The zero-order valence-electron chi connectivity index (χ0n) is 8.28. The minimum Gasteiger partial charge on any atom is -0.468 e. The van der Waals surface area contributed by atoms with Gasteiger partial charge in [0.25, 0.3) is 6.47 Å². The van der Waals surface area contributed by atoms with Gasteiger partial charge < -0.3 is 4.74 Å². The number of carbonyl (C=O) groups is 1. The molecule has 78 valence electrons. The Morgan fingerprint density at radius 1 is 1.29 bits per heavy atom. The van der Waals surface area contributed by atoms with E-state index in [1.165, 1.54) is 24.1 Å². The summed E-state index contributed by atoms with van der Waals surface area (Å²) in [5.74, 6) is 0. The Kier molecular flexibility index (Phi) is 6.07. The number of thiophene rings is 1. The molecule has 14 heavy (non-hydrogen) atoms. The standard InChI is InChI=1S/C11H16O2S/c12-10-13-8-4-2-1-3-6-11-7-5-9-14-11/h5,7,9-10H,1-4,6,8H2. The predicted molar refractivity (Wildman–Crippen MR) is 58.5 cm³/mol. The molecule has 0 unspecified atom stereocenters. The van der Waals surface area contributed by atoms with E-state index < -0.39 is 0 Å². The van der Waals surface area contributed by atoms with E-state index in [-0.39, 0.29) is 0 Å². The van der Waals surface area contributed by atoms with E-state index in [2.05, 4.69) is 22.2 Å². The third-order valence-corrected chi connectivity index (χ3v) is 3.02. The first-order valence-corrected chi connectivity index (χ1v) is 5.89. The number of unbranched alkanes of at least 4 members (excludes halogenated alkanes) is 3. The minimum atomic E-state index is 0.519. The summed E-state index contributed by atoms with van der Waals surface area (Å²) in [6.07, 6.45) is 5.79. The fraction of sp³-hybridized carbons (Fsp3) is 0.545. The lowest BCUT2D eigenvalue weighted by molar-refractivity contribution is -0.128. The van der Waals surface area contributed by atoms with Crippen LogP contribution in [0.15, 0.2) is 17.5 Å². The smallest absolute Gasteiger partial charge is 0.293 e. The van der Waals surface area contributed by atoms with Crippen molar-refractivity contribution in [3.05, 3.63) is 22.4 Å². The summed E-state index contributed by atoms with van der Waals surface area (Å²) < 4.78 is 4.61. The van der Waals surface area contributed by atoms with Crippen LogP contribution in [0.4, 0.5) is 0 Å². The third kappa shape index (κ3) is 5.02. The number of aryl methyl sites for hydroxylation is 1. The minimum absolute atomic E-state index is 0.519. The highest BCUT2D eigenvalue weighted by atomic mass is 32.1. The Labute approximate surface area is 88.9 Å². The van der Waals surface area contributed by atoms with E-state index in [1.807, 2.05) is 11.3 Å². The molecule has 0 saturated heterocycles. The molecule has 1 heterocycles. The van der Waals surface area contributed by atoms with Crippen LogP contribution in [-0.2, 0) is 16.0 Å². The first-order valence-electron chi connectivity index (χ1n) is 5.01. The molecule has 0 aliphatic heterocycles. The Morgan fingerprint density at radius 3 is 2.86 bits per heavy atom. The summed E-state index contributed by atoms with van der Waals surface area (Å²) in [7, 11) is 0. The highest BCUT2D eigenvalue weighted by molar-refractivity contribution is 7.09. The molecule has 0 N–H and O–H groups in total. The fourth-order valence-electron chi connectivity index (χ4n) is 1.34. The van der Waals surface area contributed by atoms with Crippen LogP contribution in [0, 0.1) is 0 Å². The summed E-state index contributed by atoms with van der Waals surface area (Å²) in [6.45, 7) is 1.09. The molecule has 0 aliphatic carbocycles. The Hall–Kier alpha value is -0.830. The maximum absolute atomic E-state index is 9.83. The zero-order chi connectivity index (χ0) is 10.1. The Morgan fingerprint density at radius 2 is 2.14 bits per heavy atom. The molecule has 0 spiro atoms. The molecular formula is C11H16O2S. The van der Waals surface area contributed by atoms with Crippen LogP contribution >= 0.6 is 11.3 Å². The van der Waals surface area contributed by atoms with Gasteiger partial charge in [-0.2, -0.15) is 0 Å². The lowest BCUT2D eigenvalue weighted by Crippen LogP contribution is -1.91. The average molecular weight is 212 g/mol. The molecular weight excluding hydrogens is 196 g/mol. The predicted octanol–water partition coefficient (Wildman–Crippen LogP) is 3.02. The summed E-state index contributed by atoms with van der Waals surface area (Å²) in [4.78, 5) is 11.3. The number of hydrogen-bond donors (Lipinski definition) is 0. The summed E-state index contributed by atoms with van der Waals surface area (Å²) in [6, 6.07) is 4.28. The van der Waals surface area contributed by atoms with Crippen LogP contribution in [0.5, 0.6) is 0 Å². The Balaban J connectivity index is 1.87. The molecule has 0 aliphatic rings. The lowest BCUT2D eigenvalue weighted by atomic mass is 10.1. The normalized spacial score (nSPS) is 10.0. The second kappa shape index (κ2) is 7.56. The molecule has 1 rings (SSSR count). The summed E-state index contributed by atoms with van der Waals surface area (Å²) in [5.41, 5.74) is 0. The van der Waals surface area contributed by atoms with Crippen molar-refractivity contribution in [2.75, 3.05) is 6.61 Å². The number of hydrogen-bond acceptors (Lipinski definition) is 3. The van der Waals surface area contributed by atoms with Gasteiger partial charge in [-0.25, -0.2) is 0 Å². The van der Waals surface area contributed by atoms with Crippen LogP contribution in [0.1, 0.15) is 30.6 Å². The number of carbonyl (C=O) groups excluding carboxylic acids is 1. The van der Waals surface area contributed by atoms with Crippen molar-refractivity contribution < 1.29 is 9.53 Å². The van der Waals surface area contributed by atoms with Crippen LogP contribution in [-0.4, -0.2) is 13.1 Å². The summed E-state index contributed by atoms with van der Waals surface area (Å²) in [5, 5.41) is 2.12. The molecule has 1 aromatic heterocycles. The molecule has 2 nitrogen and oxygen atoms in total. The molecule has 0 amide bonds. The molecule has 0 radical (unpaired) electrons. The zero-order valence-corrected chi connectivity index (χ0v) is 9.09. The van der Waals surface area contributed by atoms with Crippen molar-refractivity contribution in [1.82, 2.24) is 0 Å². The lowest BCUT2D eigenvalue weighted by Gasteiger charge is -1.99. The maximum atomic E-state index is 9.83. The van der Waals surface area contributed by atoms with Gasteiger partial charge in [0.15, 0.2) is 0 Å². The second-order valence-electron chi connectivity index (χ2n) is 3.21. The second-order valence-corrected chi connectivity index (χ2v) is 4.24. The van der Waals surface area contributed by atoms with E-state index >= 15 is 0 Å². The molecule has 0 fully saturated rings. The van der Waals surface area contributed by atoms with Crippen LogP contribution in [0.3, 0.4) is 0 Å².